The minimum absolute atomic E-state index is 0.0198. The average Bonchev–Trinajstić information content (AvgIpc) is 2.78. The molecule has 1 fully saturated rings. The summed E-state index contributed by atoms with van der Waals surface area (Å²) in [4.78, 5) is 41.1. The van der Waals surface area contributed by atoms with Crippen molar-refractivity contribution in [3.8, 4) is 5.75 Å². The highest BCUT2D eigenvalue weighted by Gasteiger charge is 2.27. The standard InChI is InChI=1S/C22H20N2O5/c1-28-17-7-8-19-16(13-17)14-18(22(27)29-19)21(26)24-11-9-23(10-12-24)20(25)15-5-3-2-4-6-15/h2-8,13-14H,9-12H2,1H3. The van der Waals surface area contributed by atoms with Crippen LogP contribution < -0.4 is 10.4 Å². The average molecular weight is 392 g/mol. The van der Waals surface area contributed by atoms with Gasteiger partial charge in [-0.2, -0.15) is 0 Å². The van der Waals surface area contributed by atoms with Crippen LogP contribution in [-0.2, 0) is 0 Å². The maximum absolute atomic E-state index is 12.9. The first kappa shape index (κ1) is 18.7. The van der Waals surface area contributed by atoms with E-state index >= 15 is 0 Å². The minimum atomic E-state index is -0.671. The van der Waals surface area contributed by atoms with Crippen LogP contribution in [0.5, 0.6) is 5.75 Å². The van der Waals surface area contributed by atoms with Crippen LogP contribution in [0.25, 0.3) is 11.0 Å². The summed E-state index contributed by atoms with van der Waals surface area (Å²) in [6.45, 7) is 1.53. The van der Waals surface area contributed by atoms with Crippen molar-refractivity contribution >= 4 is 22.8 Å². The Morgan fingerprint density at radius 1 is 0.897 bits per heavy atom. The molecule has 3 aromatic rings. The fourth-order valence-electron chi connectivity index (χ4n) is 3.42. The quantitative estimate of drug-likeness (QED) is 0.640. The lowest BCUT2D eigenvalue weighted by atomic mass is 10.1. The summed E-state index contributed by atoms with van der Waals surface area (Å²) in [6, 6.07) is 15.6. The van der Waals surface area contributed by atoms with Crippen molar-refractivity contribution in [1.82, 2.24) is 9.80 Å². The summed E-state index contributed by atoms with van der Waals surface area (Å²) < 4.78 is 10.5. The second-order valence-corrected chi connectivity index (χ2v) is 6.80. The number of nitrogens with zero attached hydrogens (tertiary/aromatic N) is 2. The van der Waals surface area contributed by atoms with Crippen LogP contribution in [0.3, 0.4) is 0 Å². The molecule has 1 aliphatic rings. The van der Waals surface area contributed by atoms with Gasteiger partial charge in [-0.3, -0.25) is 9.59 Å². The first-order valence-corrected chi connectivity index (χ1v) is 9.32. The molecule has 148 valence electrons. The summed E-state index contributed by atoms with van der Waals surface area (Å²) in [5.74, 6) is 0.156. The van der Waals surface area contributed by atoms with Crippen molar-refractivity contribution in [2.75, 3.05) is 33.3 Å². The Morgan fingerprint density at radius 2 is 1.55 bits per heavy atom. The van der Waals surface area contributed by atoms with E-state index in [-0.39, 0.29) is 11.5 Å². The fraction of sp³-hybridized carbons (Fsp3) is 0.227. The molecule has 0 bridgehead atoms. The smallest absolute Gasteiger partial charge is 0.349 e. The Kier molecular flexibility index (Phi) is 5.03. The van der Waals surface area contributed by atoms with E-state index in [1.807, 2.05) is 18.2 Å². The van der Waals surface area contributed by atoms with Gasteiger partial charge >= 0.3 is 5.63 Å². The third kappa shape index (κ3) is 3.71. The molecule has 7 nitrogen and oxygen atoms in total. The van der Waals surface area contributed by atoms with Gasteiger partial charge < -0.3 is 19.0 Å². The lowest BCUT2D eigenvalue weighted by molar-refractivity contribution is 0.0533. The van der Waals surface area contributed by atoms with Crippen LogP contribution >= 0.6 is 0 Å². The highest BCUT2D eigenvalue weighted by Crippen LogP contribution is 2.21. The van der Waals surface area contributed by atoms with E-state index in [0.29, 0.717) is 48.5 Å². The number of hydrogen-bond donors (Lipinski definition) is 0. The molecule has 4 rings (SSSR count). The van der Waals surface area contributed by atoms with Crippen LogP contribution in [0.4, 0.5) is 0 Å². The van der Waals surface area contributed by atoms with E-state index in [1.165, 1.54) is 6.07 Å². The maximum Gasteiger partial charge on any atom is 0.349 e. The number of rotatable bonds is 3. The second kappa shape index (κ2) is 7.79. The summed E-state index contributed by atoms with van der Waals surface area (Å²) in [5.41, 5.74) is 0.325. The van der Waals surface area contributed by atoms with E-state index in [1.54, 1.807) is 47.2 Å². The van der Waals surface area contributed by atoms with Gasteiger partial charge in [0.25, 0.3) is 11.8 Å². The van der Waals surface area contributed by atoms with Crippen LogP contribution in [0.2, 0.25) is 0 Å². The molecule has 7 heteroatoms. The first-order chi connectivity index (χ1) is 14.1. The molecule has 1 aliphatic heterocycles. The molecule has 29 heavy (non-hydrogen) atoms. The fourth-order valence-corrected chi connectivity index (χ4v) is 3.42. The topological polar surface area (TPSA) is 80.1 Å². The second-order valence-electron chi connectivity index (χ2n) is 6.80. The van der Waals surface area contributed by atoms with E-state index in [2.05, 4.69) is 0 Å². The van der Waals surface area contributed by atoms with Crippen LogP contribution in [0.15, 0.2) is 63.8 Å². The summed E-state index contributed by atoms with van der Waals surface area (Å²) in [5, 5.41) is 0.616. The van der Waals surface area contributed by atoms with Crippen LogP contribution in [-0.4, -0.2) is 54.9 Å². The Morgan fingerprint density at radius 3 is 2.21 bits per heavy atom. The van der Waals surface area contributed by atoms with Gasteiger partial charge in [0, 0.05) is 37.1 Å². The zero-order valence-corrected chi connectivity index (χ0v) is 16.0. The lowest BCUT2D eigenvalue weighted by Gasteiger charge is -2.34. The monoisotopic (exact) mass is 392 g/mol. The van der Waals surface area contributed by atoms with Crippen molar-refractivity contribution in [3.63, 3.8) is 0 Å². The normalized spacial score (nSPS) is 14.1. The van der Waals surface area contributed by atoms with Crippen molar-refractivity contribution in [2.24, 2.45) is 0 Å². The maximum atomic E-state index is 12.9. The van der Waals surface area contributed by atoms with Gasteiger partial charge in [-0.05, 0) is 36.4 Å². The molecule has 1 saturated heterocycles. The number of carbonyl (C=O) groups excluding carboxylic acids is 2. The van der Waals surface area contributed by atoms with Gasteiger partial charge in [0.05, 0.1) is 7.11 Å². The van der Waals surface area contributed by atoms with Crippen LogP contribution in [0.1, 0.15) is 20.7 Å². The van der Waals surface area contributed by atoms with Gasteiger partial charge in [0.15, 0.2) is 0 Å². The number of fused-ring (bicyclic) bond motifs is 1. The van der Waals surface area contributed by atoms with E-state index in [9.17, 15) is 14.4 Å². The predicted octanol–water partition coefficient (Wildman–Crippen LogP) is 2.40. The third-order valence-electron chi connectivity index (χ3n) is 5.04. The molecular formula is C22H20N2O5. The predicted molar refractivity (Wildman–Crippen MR) is 107 cm³/mol. The van der Waals surface area contributed by atoms with Crippen LogP contribution in [0, 0.1) is 0 Å². The number of amides is 2. The van der Waals surface area contributed by atoms with Crippen molar-refractivity contribution in [2.45, 2.75) is 0 Å². The van der Waals surface area contributed by atoms with Crippen molar-refractivity contribution in [1.29, 1.82) is 0 Å². The summed E-state index contributed by atoms with van der Waals surface area (Å²) in [6.07, 6.45) is 0. The molecule has 0 N–H and O–H groups in total. The van der Waals surface area contributed by atoms with Crippen molar-refractivity contribution < 1.29 is 18.7 Å². The van der Waals surface area contributed by atoms with Gasteiger partial charge in [0.2, 0.25) is 0 Å². The van der Waals surface area contributed by atoms with Gasteiger partial charge in [-0.25, -0.2) is 4.79 Å². The molecule has 0 radical (unpaired) electrons. The molecule has 0 unspecified atom stereocenters. The van der Waals surface area contributed by atoms with E-state index < -0.39 is 11.5 Å². The van der Waals surface area contributed by atoms with Gasteiger partial charge in [0.1, 0.15) is 16.9 Å². The molecule has 2 amide bonds. The third-order valence-corrected chi connectivity index (χ3v) is 5.04. The first-order valence-electron chi connectivity index (χ1n) is 9.32. The largest absolute Gasteiger partial charge is 0.497 e. The molecule has 0 saturated carbocycles. The SMILES string of the molecule is COc1ccc2oc(=O)c(C(=O)N3CCN(C(=O)c4ccccc4)CC3)cc2c1. The van der Waals surface area contributed by atoms with E-state index in [4.69, 9.17) is 9.15 Å². The number of benzene rings is 2. The zero-order chi connectivity index (χ0) is 20.4. The molecular weight excluding hydrogens is 372 g/mol. The zero-order valence-electron chi connectivity index (χ0n) is 16.0. The Labute approximate surface area is 167 Å². The Balaban J connectivity index is 1.50. The molecule has 0 spiro atoms. The summed E-state index contributed by atoms with van der Waals surface area (Å²) >= 11 is 0. The molecule has 1 aromatic heterocycles. The number of methoxy groups -OCH3 is 1. The number of piperazine rings is 1. The molecule has 0 aliphatic carbocycles. The van der Waals surface area contributed by atoms with Gasteiger partial charge in [-0.15, -0.1) is 0 Å². The summed E-state index contributed by atoms with van der Waals surface area (Å²) in [7, 11) is 1.54. The number of carbonyl (C=O) groups is 2. The Bertz CT molecular complexity index is 1120. The van der Waals surface area contributed by atoms with Gasteiger partial charge in [-0.1, -0.05) is 18.2 Å². The Hall–Kier alpha value is -3.61. The lowest BCUT2D eigenvalue weighted by Crippen LogP contribution is -2.51. The number of ether oxygens (including phenoxy) is 1. The number of hydrogen-bond acceptors (Lipinski definition) is 5. The molecule has 2 heterocycles. The molecule has 2 aromatic carbocycles. The van der Waals surface area contributed by atoms with E-state index in [0.717, 1.165) is 0 Å². The highest BCUT2D eigenvalue weighted by molar-refractivity contribution is 5.97. The minimum Gasteiger partial charge on any atom is -0.497 e. The highest BCUT2D eigenvalue weighted by atomic mass is 16.5. The van der Waals surface area contributed by atoms with Crippen molar-refractivity contribution in [3.05, 3.63) is 76.1 Å². The molecule has 0 atom stereocenters.